The summed E-state index contributed by atoms with van der Waals surface area (Å²) in [5, 5.41) is 3.87. The second-order valence-corrected chi connectivity index (χ2v) is 8.84. The van der Waals surface area contributed by atoms with Crippen LogP contribution in [0, 0.1) is 0 Å². The van der Waals surface area contributed by atoms with Gasteiger partial charge in [-0.05, 0) is 52.3 Å². The Morgan fingerprint density at radius 1 is 0.903 bits per heavy atom. The molecule has 0 radical (unpaired) electrons. The number of nitrogens with one attached hydrogen (secondary N) is 1. The zero-order valence-electron chi connectivity index (χ0n) is 18.8. The van der Waals surface area contributed by atoms with E-state index in [9.17, 15) is 4.79 Å². The minimum absolute atomic E-state index is 0.168. The number of benzene rings is 2. The van der Waals surface area contributed by atoms with Gasteiger partial charge in [-0.15, -0.1) is 0 Å². The third-order valence-electron chi connectivity index (χ3n) is 5.50. The van der Waals surface area contributed by atoms with Crippen LogP contribution in [-0.2, 0) is 0 Å². The van der Waals surface area contributed by atoms with Crippen molar-refractivity contribution >= 4 is 23.3 Å². The van der Waals surface area contributed by atoms with Gasteiger partial charge in [-0.25, -0.2) is 4.79 Å². The quantitative estimate of drug-likeness (QED) is 0.443. The Hall–Kier alpha value is -2.85. The molecule has 3 aromatic rings. The molecule has 162 valence electrons. The Morgan fingerprint density at radius 2 is 1.52 bits per heavy atom. The lowest BCUT2D eigenvalue weighted by Crippen LogP contribution is -2.36. The van der Waals surface area contributed by atoms with Crippen molar-refractivity contribution in [1.29, 1.82) is 0 Å². The Balaban J connectivity index is 1.99. The van der Waals surface area contributed by atoms with Gasteiger partial charge in [-0.3, -0.25) is 4.98 Å². The summed E-state index contributed by atoms with van der Waals surface area (Å²) < 4.78 is 0. The second kappa shape index (κ2) is 9.97. The number of rotatable bonds is 6. The zero-order valence-corrected chi connectivity index (χ0v) is 19.5. The van der Waals surface area contributed by atoms with Crippen molar-refractivity contribution in [2.45, 2.75) is 45.6 Å². The molecule has 0 unspecified atom stereocenters. The fourth-order valence-corrected chi connectivity index (χ4v) is 3.96. The number of carbonyl (C=O) groups is 1. The number of anilines is 1. The van der Waals surface area contributed by atoms with Crippen LogP contribution in [0.5, 0.6) is 0 Å². The Bertz CT molecular complexity index is 990. The molecule has 0 spiro atoms. The highest BCUT2D eigenvalue weighted by molar-refractivity contribution is 6.30. The highest BCUT2D eigenvalue weighted by atomic mass is 35.5. The van der Waals surface area contributed by atoms with Crippen LogP contribution in [0.3, 0.4) is 0 Å². The minimum atomic E-state index is -0.292. The highest BCUT2D eigenvalue weighted by Crippen LogP contribution is 2.34. The van der Waals surface area contributed by atoms with Gasteiger partial charge in [0.05, 0.1) is 6.04 Å². The van der Waals surface area contributed by atoms with Gasteiger partial charge in [0, 0.05) is 30.2 Å². The van der Waals surface area contributed by atoms with Crippen molar-refractivity contribution in [3.63, 3.8) is 0 Å². The Morgan fingerprint density at radius 3 is 2.03 bits per heavy atom. The lowest BCUT2D eigenvalue weighted by Gasteiger charge is -2.30. The van der Waals surface area contributed by atoms with Crippen molar-refractivity contribution in [2.24, 2.45) is 0 Å². The van der Waals surface area contributed by atoms with Crippen LogP contribution in [0.1, 0.15) is 67.8 Å². The second-order valence-electron chi connectivity index (χ2n) is 8.40. The molecule has 1 atom stereocenters. The zero-order chi connectivity index (χ0) is 22.5. The molecule has 1 aromatic heterocycles. The fourth-order valence-electron chi connectivity index (χ4n) is 3.83. The first kappa shape index (κ1) is 22.8. The molecular formula is C26H30ClN3O. The SMILES string of the molecule is CC(C)c1cccc(C(C)C)c1NC(=O)N(C)[C@H](c1ccc(Cl)cc1)c1cccnc1. The smallest absolute Gasteiger partial charge is 0.316 e. The maximum absolute atomic E-state index is 13.5. The Labute approximate surface area is 190 Å². The topological polar surface area (TPSA) is 45.2 Å². The summed E-state index contributed by atoms with van der Waals surface area (Å²) in [5.41, 5.74) is 5.08. The van der Waals surface area contributed by atoms with Gasteiger partial charge < -0.3 is 10.2 Å². The summed E-state index contributed by atoms with van der Waals surface area (Å²) >= 11 is 6.10. The van der Waals surface area contributed by atoms with Gasteiger partial charge >= 0.3 is 6.03 Å². The summed E-state index contributed by atoms with van der Waals surface area (Å²) in [7, 11) is 1.81. The molecule has 1 heterocycles. The first-order valence-corrected chi connectivity index (χ1v) is 11.0. The Kier molecular flexibility index (Phi) is 7.34. The van der Waals surface area contributed by atoms with Gasteiger partial charge in [0.15, 0.2) is 0 Å². The van der Waals surface area contributed by atoms with Gasteiger partial charge in [-0.2, -0.15) is 0 Å². The minimum Gasteiger partial charge on any atom is -0.316 e. The third-order valence-corrected chi connectivity index (χ3v) is 5.75. The molecule has 3 rings (SSSR count). The summed E-state index contributed by atoms with van der Waals surface area (Å²) in [6, 6.07) is 17.2. The predicted molar refractivity (Wildman–Crippen MR) is 129 cm³/mol. The first-order valence-electron chi connectivity index (χ1n) is 10.6. The summed E-state index contributed by atoms with van der Waals surface area (Å²) in [6.45, 7) is 8.58. The van der Waals surface area contributed by atoms with E-state index >= 15 is 0 Å². The first-order chi connectivity index (χ1) is 14.8. The van der Waals surface area contributed by atoms with Crippen LogP contribution in [0.2, 0.25) is 5.02 Å². The third kappa shape index (κ3) is 5.26. The van der Waals surface area contributed by atoms with Gasteiger partial charge in [0.25, 0.3) is 0 Å². The summed E-state index contributed by atoms with van der Waals surface area (Å²) in [6.07, 6.45) is 3.53. The molecule has 4 nitrogen and oxygen atoms in total. The summed E-state index contributed by atoms with van der Waals surface area (Å²) in [4.78, 5) is 19.5. The van der Waals surface area contributed by atoms with Crippen molar-refractivity contribution in [3.8, 4) is 0 Å². The molecule has 2 amide bonds. The van der Waals surface area contributed by atoms with Crippen molar-refractivity contribution in [1.82, 2.24) is 9.88 Å². The highest BCUT2D eigenvalue weighted by Gasteiger charge is 2.25. The molecule has 0 saturated heterocycles. The molecule has 2 aromatic carbocycles. The van der Waals surface area contributed by atoms with E-state index in [4.69, 9.17) is 11.6 Å². The number of hydrogen-bond donors (Lipinski definition) is 1. The number of para-hydroxylation sites is 1. The van der Waals surface area contributed by atoms with Crippen molar-refractivity contribution in [2.75, 3.05) is 12.4 Å². The average Bonchev–Trinajstić information content (AvgIpc) is 2.75. The van der Waals surface area contributed by atoms with E-state index in [1.165, 1.54) is 0 Å². The average molecular weight is 436 g/mol. The predicted octanol–water partition coefficient (Wildman–Crippen LogP) is 7.24. The van der Waals surface area contributed by atoms with Gasteiger partial charge in [-0.1, -0.05) is 75.7 Å². The largest absolute Gasteiger partial charge is 0.322 e. The molecule has 0 bridgehead atoms. The number of nitrogens with zero attached hydrogens (tertiary/aromatic N) is 2. The molecule has 31 heavy (non-hydrogen) atoms. The van der Waals surface area contributed by atoms with Crippen molar-refractivity contribution < 1.29 is 4.79 Å². The lowest BCUT2D eigenvalue weighted by atomic mass is 9.92. The monoisotopic (exact) mass is 435 g/mol. The summed E-state index contributed by atoms with van der Waals surface area (Å²) in [5.74, 6) is 0.592. The number of halogens is 1. The molecular weight excluding hydrogens is 406 g/mol. The number of aromatic nitrogens is 1. The van der Waals surface area contributed by atoms with Crippen LogP contribution in [0.25, 0.3) is 0 Å². The van der Waals surface area contributed by atoms with E-state index in [0.29, 0.717) is 16.9 Å². The van der Waals surface area contributed by atoms with E-state index in [1.54, 1.807) is 17.3 Å². The number of pyridine rings is 1. The number of amides is 2. The molecule has 0 aliphatic heterocycles. The lowest BCUT2D eigenvalue weighted by molar-refractivity contribution is 0.212. The fraction of sp³-hybridized carbons (Fsp3) is 0.308. The van der Waals surface area contributed by atoms with E-state index in [-0.39, 0.29) is 12.1 Å². The van der Waals surface area contributed by atoms with Crippen LogP contribution >= 0.6 is 11.6 Å². The van der Waals surface area contributed by atoms with Gasteiger partial charge in [0.1, 0.15) is 0 Å². The maximum atomic E-state index is 13.5. The standard InChI is InChI=1S/C26H30ClN3O/c1-17(2)22-9-6-10-23(18(3)4)24(22)29-26(31)30(5)25(20-8-7-15-28-16-20)19-11-13-21(27)14-12-19/h6-18,25H,1-5H3,(H,29,31)/t25-/m1/s1. The number of carbonyl (C=O) groups excluding carboxylic acids is 1. The maximum Gasteiger partial charge on any atom is 0.322 e. The van der Waals surface area contributed by atoms with Crippen molar-refractivity contribution in [3.05, 3.63) is 94.3 Å². The van der Waals surface area contributed by atoms with E-state index < -0.39 is 0 Å². The molecule has 5 heteroatoms. The molecule has 0 fully saturated rings. The van der Waals surface area contributed by atoms with E-state index in [2.05, 4.69) is 56.2 Å². The molecule has 0 aliphatic carbocycles. The normalized spacial score (nSPS) is 12.1. The van der Waals surface area contributed by atoms with Crippen LogP contribution in [-0.4, -0.2) is 23.0 Å². The number of urea groups is 1. The van der Waals surface area contributed by atoms with E-state index in [0.717, 1.165) is 27.9 Å². The number of hydrogen-bond acceptors (Lipinski definition) is 2. The molecule has 0 aliphatic rings. The molecule has 0 saturated carbocycles. The van der Waals surface area contributed by atoms with Crippen LogP contribution < -0.4 is 5.32 Å². The molecule has 1 N–H and O–H groups in total. The van der Waals surface area contributed by atoms with E-state index in [1.807, 2.05) is 43.4 Å². The van der Waals surface area contributed by atoms with Gasteiger partial charge in [0.2, 0.25) is 0 Å². The van der Waals surface area contributed by atoms with Crippen LogP contribution in [0.15, 0.2) is 67.0 Å². The van der Waals surface area contributed by atoms with Crippen LogP contribution in [0.4, 0.5) is 10.5 Å².